The quantitative estimate of drug-likeness (QED) is 0.793. The van der Waals surface area contributed by atoms with E-state index >= 15 is 0 Å². The summed E-state index contributed by atoms with van der Waals surface area (Å²) in [7, 11) is 6.48. The lowest BCUT2D eigenvalue weighted by molar-refractivity contribution is 0.294. The molecule has 3 nitrogen and oxygen atoms in total. The van der Waals surface area contributed by atoms with Crippen LogP contribution in [0.4, 0.5) is 0 Å². The fourth-order valence-electron chi connectivity index (χ4n) is 3.94. The summed E-state index contributed by atoms with van der Waals surface area (Å²) in [4.78, 5) is 7.95. The molecule has 1 atom stereocenters. The molecular formula is C21H25N3. The van der Waals surface area contributed by atoms with Crippen molar-refractivity contribution in [2.75, 3.05) is 27.7 Å². The lowest BCUT2D eigenvalue weighted by atomic mass is 9.83. The standard InChI is InChI=1S/C21H25N3/c1-23(2)12-15-4-6-19-18(10-15)13-24(3)14-20(19)16-5-7-21-17(11-16)8-9-22-21/h4-11,20,22H,12-14H2,1-3H3. The number of likely N-dealkylation sites (N-methyl/N-ethyl adjacent to an activating group) is 1. The summed E-state index contributed by atoms with van der Waals surface area (Å²) in [5, 5.41) is 1.30. The Bertz CT molecular complexity index is 862. The van der Waals surface area contributed by atoms with E-state index in [1.165, 1.54) is 33.2 Å². The van der Waals surface area contributed by atoms with Gasteiger partial charge in [-0.05, 0) is 67.0 Å². The number of H-pyrrole nitrogens is 1. The number of aromatic nitrogens is 1. The van der Waals surface area contributed by atoms with Crippen molar-refractivity contribution in [3.05, 3.63) is 70.9 Å². The SMILES string of the molecule is CN(C)Cc1ccc2c(c1)CN(C)CC2c1ccc2[nH]ccc2c1. The predicted molar refractivity (Wildman–Crippen MR) is 100 cm³/mol. The van der Waals surface area contributed by atoms with Crippen LogP contribution < -0.4 is 0 Å². The van der Waals surface area contributed by atoms with E-state index in [1.807, 2.05) is 6.20 Å². The van der Waals surface area contributed by atoms with E-state index in [-0.39, 0.29) is 0 Å². The van der Waals surface area contributed by atoms with Crippen LogP contribution in [0.1, 0.15) is 28.2 Å². The van der Waals surface area contributed by atoms with Gasteiger partial charge in [0.1, 0.15) is 0 Å². The molecule has 0 saturated carbocycles. The van der Waals surface area contributed by atoms with Crippen molar-refractivity contribution in [3.8, 4) is 0 Å². The lowest BCUT2D eigenvalue weighted by Gasteiger charge is -2.33. The van der Waals surface area contributed by atoms with Gasteiger partial charge in [0.2, 0.25) is 0 Å². The molecule has 0 bridgehead atoms. The molecule has 1 unspecified atom stereocenters. The highest BCUT2D eigenvalue weighted by Crippen LogP contribution is 2.34. The summed E-state index contributed by atoms with van der Waals surface area (Å²) in [6.45, 7) is 3.12. The van der Waals surface area contributed by atoms with E-state index in [0.717, 1.165) is 19.6 Å². The normalized spacial score (nSPS) is 18.2. The van der Waals surface area contributed by atoms with Crippen LogP contribution in [0.5, 0.6) is 0 Å². The molecule has 0 amide bonds. The molecule has 3 heteroatoms. The molecule has 1 aromatic heterocycles. The molecule has 24 heavy (non-hydrogen) atoms. The van der Waals surface area contributed by atoms with Gasteiger partial charge in [-0.15, -0.1) is 0 Å². The van der Waals surface area contributed by atoms with Crippen LogP contribution in [-0.4, -0.2) is 42.5 Å². The van der Waals surface area contributed by atoms with Crippen LogP contribution in [0.15, 0.2) is 48.7 Å². The fourth-order valence-corrected chi connectivity index (χ4v) is 3.94. The summed E-state index contributed by atoms with van der Waals surface area (Å²) >= 11 is 0. The minimum absolute atomic E-state index is 0.450. The van der Waals surface area contributed by atoms with Gasteiger partial charge in [-0.25, -0.2) is 0 Å². The minimum Gasteiger partial charge on any atom is -0.361 e. The minimum atomic E-state index is 0.450. The van der Waals surface area contributed by atoms with Crippen LogP contribution >= 0.6 is 0 Å². The highest BCUT2D eigenvalue weighted by molar-refractivity contribution is 5.80. The number of aromatic amines is 1. The van der Waals surface area contributed by atoms with Crippen molar-refractivity contribution in [3.63, 3.8) is 0 Å². The molecule has 4 rings (SSSR count). The summed E-state index contributed by atoms with van der Waals surface area (Å²) in [6.07, 6.45) is 2.02. The zero-order chi connectivity index (χ0) is 16.7. The van der Waals surface area contributed by atoms with Crippen molar-refractivity contribution >= 4 is 10.9 Å². The molecule has 2 heterocycles. The monoisotopic (exact) mass is 319 g/mol. The molecule has 1 N–H and O–H groups in total. The zero-order valence-electron chi connectivity index (χ0n) is 14.7. The molecule has 0 aliphatic carbocycles. The molecule has 0 spiro atoms. The van der Waals surface area contributed by atoms with Crippen molar-refractivity contribution in [2.45, 2.75) is 19.0 Å². The molecule has 1 aliphatic rings. The molecule has 2 aromatic carbocycles. The van der Waals surface area contributed by atoms with Crippen LogP contribution in [-0.2, 0) is 13.1 Å². The number of hydrogen-bond donors (Lipinski definition) is 1. The van der Waals surface area contributed by atoms with E-state index in [9.17, 15) is 0 Å². The Morgan fingerprint density at radius 2 is 2.00 bits per heavy atom. The van der Waals surface area contributed by atoms with Gasteiger partial charge < -0.3 is 14.8 Å². The van der Waals surface area contributed by atoms with Crippen molar-refractivity contribution in [1.82, 2.24) is 14.8 Å². The molecule has 0 radical (unpaired) electrons. The van der Waals surface area contributed by atoms with Crippen LogP contribution in [0.3, 0.4) is 0 Å². The molecular weight excluding hydrogens is 294 g/mol. The average Bonchev–Trinajstić information content (AvgIpc) is 3.00. The molecule has 1 aliphatic heterocycles. The van der Waals surface area contributed by atoms with Crippen molar-refractivity contribution < 1.29 is 0 Å². The van der Waals surface area contributed by atoms with Crippen molar-refractivity contribution in [1.29, 1.82) is 0 Å². The van der Waals surface area contributed by atoms with Gasteiger partial charge >= 0.3 is 0 Å². The Labute approximate surface area is 143 Å². The van der Waals surface area contributed by atoms with Crippen LogP contribution in [0.2, 0.25) is 0 Å². The number of fused-ring (bicyclic) bond motifs is 2. The molecule has 124 valence electrons. The topological polar surface area (TPSA) is 22.3 Å². The summed E-state index contributed by atoms with van der Waals surface area (Å²) in [5.41, 5.74) is 6.99. The van der Waals surface area contributed by atoms with Gasteiger partial charge in [-0.1, -0.05) is 24.3 Å². The second-order valence-electron chi connectivity index (χ2n) is 7.34. The van der Waals surface area contributed by atoms with Gasteiger partial charge in [0.25, 0.3) is 0 Å². The van der Waals surface area contributed by atoms with E-state index in [2.05, 4.69) is 78.4 Å². The predicted octanol–water partition coefficient (Wildman–Crippen LogP) is 3.81. The average molecular weight is 319 g/mol. The summed E-state index contributed by atoms with van der Waals surface area (Å²) in [6, 6.07) is 16.0. The second-order valence-corrected chi connectivity index (χ2v) is 7.34. The zero-order valence-corrected chi connectivity index (χ0v) is 14.7. The number of benzene rings is 2. The third-order valence-corrected chi connectivity index (χ3v) is 5.00. The number of nitrogens with one attached hydrogen (secondary N) is 1. The summed E-state index contributed by atoms with van der Waals surface area (Å²) < 4.78 is 0. The van der Waals surface area contributed by atoms with E-state index in [4.69, 9.17) is 0 Å². The van der Waals surface area contributed by atoms with Gasteiger partial charge in [0.05, 0.1) is 0 Å². The Morgan fingerprint density at radius 3 is 2.83 bits per heavy atom. The maximum Gasteiger partial charge on any atom is 0.0454 e. The highest BCUT2D eigenvalue weighted by atomic mass is 15.1. The maximum atomic E-state index is 3.29. The first-order chi connectivity index (χ1) is 11.6. The second kappa shape index (κ2) is 6.08. The van der Waals surface area contributed by atoms with Gasteiger partial charge in [0, 0.05) is 37.3 Å². The van der Waals surface area contributed by atoms with Crippen LogP contribution in [0.25, 0.3) is 10.9 Å². The number of hydrogen-bond acceptors (Lipinski definition) is 2. The van der Waals surface area contributed by atoms with E-state index in [0.29, 0.717) is 5.92 Å². The maximum absolute atomic E-state index is 3.29. The highest BCUT2D eigenvalue weighted by Gasteiger charge is 2.25. The first-order valence-electron chi connectivity index (χ1n) is 8.62. The third-order valence-electron chi connectivity index (χ3n) is 5.00. The number of nitrogens with zero attached hydrogens (tertiary/aromatic N) is 2. The van der Waals surface area contributed by atoms with E-state index in [1.54, 1.807) is 0 Å². The molecule has 0 fully saturated rings. The Balaban J connectivity index is 1.74. The van der Waals surface area contributed by atoms with Gasteiger partial charge in [0.15, 0.2) is 0 Å². The molecule has 3 aromatic rings. The lowest BCUT2D eigenvalue weighted by Crippen LogP contribution is -2.31. The first-order valence-corrected chi connectivity index (χ1v) is 8.62. The van der Waals surface area contributed by atoms with Gasteiger partial charge in [-0.2, -0.15) is 0 Å². The Kier molecular flexibility index (Phi) is 3.91. The fraction of sp³-hybridized carbons (Fsp3) is 0.333. The van der Waals surface area contributed by atoms with E-state index < -0.39 is 0 Å². The molecule has 0 saturated heterocycles. The summed E-state index contributed by atoms with van der Waals surface area (Å²) in [5.74, 6) is 0.450. The number of rotatable bonds is 3. The van der Waals surface area contributed by atoms with Crippen molar-refractivity contribution in [2.24, 2.45) is 0 Å². The Morgan fingerprint density at radius 1 is 1.12 bits per heavy atom. The third kappa shape index (κ3) is 2.85. The van der Waals surface area contributed by atoms with Crippen LogP contribution in [0, 0.1) is 0 Å². The smallest absolute Gasteiger partial charge is 0.0454 e. The first kappa shape index (κ1) is 15.4. The van der Waals surface area contributed by atoms with Gasteiger partial charge in [-0.3, -0.25) is 0 Å². The Hall–Kier alpha value is -2.10. The largest absolute Gasteiger partial charge is 0.361 e.